The van der Waals surface area contributed by atoms with Crippen molar-refractivity contribution >= 4 is 16.5 Å². The van der Waals surface area contributed by atoms with Crippen LogP contribution in [-0.2, 0) is 6.42 Å². The van der Waals surface area contributed by atoms with Crippen LogP contribution < -0.4 is 4.90 Å². The third kappa shape index (κ3) is 2.14. The number of aryl methyl sites for hydroxylation is 1. The summed E-state index contributed by atoms with van der Waals surface area (Å²) in [6.45, 7) is 3.06. The molecule has 0 radical (unpaired) electrons. The van der Waals surface area contributed by atoms with E-state index in [0.717, 1.165) is 23.8 Å². The fourth-order valence-electron chi connectivity index (χ4n) is 2.93. The lowest BCUT2D eigenvalue weighted by molar-refractivity contribution is 0.633. The van der Waals surface area contributed by atoms with Crippen molar-refractivity contribution in [2.24, 2.45) is 0 Å². The van der Waals surface area contributed by atoms with Gasteiger partial charge in [-0.1, -0.05) is 30.3 Å². The second kappa shape index (κ2) is 5.00. The number of rotatable bonds is 2. The van der Waals surface area contributed by atoms with E-state index in [1.54, 1.807) is 17.7 Å². The van der Waals surface area contributed by atoms with Crippen LogP contribution in [0.4, 0.5) is 5.13 Å². The summed E-state index contributed by atoms with van der Waals surface area (Å²) in [7, 11) is 0. The summed E-state index contributed by atoms with van der Waals surface area (Å²) < 4.78 is 0. The van der Waals surface area contributed by atoms with Crippen molar-refractivity contribution in [2.45, 2.75) is 19.4 Å². The number of thiazole rings is 1. The van der Waals surface area contributed by atoms with E-state index in [-0.39, 0.29) is 6.04 Å². The van der Waals surface area contributed by atoms with Gasteiger partial charge in [-0.15, -0.1) is 11.3 Å². The Labute approximate surface area is 127 Å². The molecule has 1 unspecified atom stereocenters. The van der Waals surface area contributed by atoms with Crippen LogP contribution in [0.5, 0.6) is 0 Å². The van der Waals surface area contributed by atoms with Crippen LogP contribution in [0.25, 0.3) is 0 Å². The minimum Gasteiger partial charge on any atom is -0.348 e. The molecule has 1 N–H and O–H groups in total. The Bertz CT molecular complexity index is 746. The summed E-state index contributed by atoms with van der Waals surface area (Å²) >= 11 is 1.75. The Kier molecular flexibility index (Phi) is 3.00. The molecule has 2 aromatic heterocycles. The van der Waals surface area contributed by atoms with Gasteiger partial charge in [-0.2, -0.15) is 0 Å². The lowest BCUT2D eigenvalue weighted by Gasteiger charge is -2.35. The summed E-state index contributed by atoms with van der Waals surface area (Å²) in [6.07, 6.45) is 4.73. The van der Waals surface area contributed by atoms with Crippen LogP contribution in [0.3, 0.4) is 0 Å². The average Bonchev–Trinajstić information content (AvgIpc) is 3.15. The lowest BCUT2D eigenvalue weighted by Crippen LogP contribution is -2.36. The number of H-pyrrole nitrogens is 1. The molecule has 21 heavy (non-hydrogen) atoms. The Hall–Kier alpha value is -2.14. The smallest absolute Gasteiger partial charge is 0.186 e. The van der Waals surface area contributed by atoms with Gasteiger partial charge in [-0.25, -0.2) is 9.97 Å². The molecule has 1 aliphatic heterocycles. The van der Waals surface area contributed by atoms with Gasteiger partial charge in [0.25, 0.3) is 0 Å². The molecule has 1 aromatic carbocycles. The molecule has 1 aliphatic rings. The van der Waals surface area contributed by atoms with Crippen molar-refractivity contribution in [1.29, 1.82) is 0 Å². The number of fused-ring (bicyclic) bond motifs is 1. The van der Waals surface area contributed by atoms with Gasteiger partial charge in [-0.3, -0.25) is 0 Å². The fraction of sp³-hybridized carbons (Fsp3) is 0.250. The maximum Gasteiger partial charge on any atom is 0.186 e. The van der Waals surface area contributed by atoms with Crippen LogP contribution in [0.2, 0.25) is 0 Å². The highest BCUT2D eigenvalue weighted by Gasteiger charge is 2.32. The summed E-state index contributed by atoms with van der Waals surface area (Å²) in [5.41, 5.74) is 3.63. The van der Waals surface area contributed by atoms with Gasteiger partial charge in [0.1, 0.15) is 6.04 Å². The van der Waals surface area contributed by atoms with E-state index < -0.39 is 0 Å². The second-order valence-electron chi connectivity index (χ2n) is 5.28. The van der Waals surface area contributed by atoms with E-state index in [1.807, 2.05) is 6.20 Å². The van der Waals surface area contributed by atoms with Crippen molar-refractivity contribution in [1.82, 2.24) is 15.0 Å². The van der Waals surface area contributed by atoms with E-state index in [0.29, 0.717) is 0 Å². The number of hydrogen-bond donors (Lipinski definition) is 1. The molecule has 0 aliphatic carbocycles. The minimum atomic E-state index is 0.145. The zero-order valence-corrected chi connectivity index (χ0v) is 12.6. The minimum absolute atomic E-state index is 0.145. The first-order valence-electron chi connectivity index (χ1n) is 7.09. The van der Waals surface area contributed by atoms with Crippen LogP contribution in [-0.4, -0.2) is 21.5 Å². The topological polar surface area (TPSA) is 44.8 Å². The number of nitrogens with zero attached hydrogens (tertiary/aromatic N) is 3. The van der Waals surface area contributed by atoms with Crippen LogP contribution >= 0.6 is 11.3 Å². The van der Waals surface area contributed by atoms with Gasteiger partial charge in [0, 0.05) is 29.7 Å². The Balaban J connectivity index is 1.83. The number of nitrogens with one attached hydrogen (secondary N) is 1. The van der Waals surface area contributed by atoms with Crippen LogP contribution in [0.15, 0.2) is 42.9 Å². The zero-order valence-electron chi connectivity index (χ0n) is 11.8. The molecule has 4 nitrogen and oxygen atoms in total. The number of benzene rings is 1. The van der Waals surface area contributed by atoms with Crippen molar-refractivity contribution in [3.63, 3.8) is 0 Å². The Morgan fingerprint density at radius 2 is 2.10 bits per heavy atom. The lowest BCUT2D eigenvalue weighted by atomic mass is 9.96. The number of anilines is 1. The molecular weight excluding hydrogens is 280 g/mol. The van der Waals surface area contributed by atoms with Gasteiger partial charge >= 0.3 is 0 Å². The molecule has 106 valence electrons. The summed E-state index contributed by atoms with van der Waals surface area (Å²) in [4.78, 5) is 16.0. The van der Waals surface area contributed by atoms with Crippen molar-refractivity contribution < 1.29 is 0 Å². The van der Waals surface area contributed by atoms with Gasteiger partial charge in [0.05, 0.1) is 12.0 Å². The molecule has 3 aromatic rings. The number of hydrogen-bond acceptors (Lipinski definition) is 4. The first-order chi connectivity index (χ1) is 10.3. The normalized spacial score (nSPS) is 17.8. The highest BCUT2D eigenvalue weighted by Crippen LogP contribution is 2.38. The van der Waals surface area contributed by atoms with E-state index in [4.69, 9.17) is 0 Å². The third-order valence-corrected chi connectivity index (χ3v) is 4.84. The van der Waals surface area contributed by atoms with Crippen molar-refractivity contribution in [3.8, 4) is 0 Å². The largest absolute Gasteiger partial charge is 0.348 e. The summed E-state index contributed by atoms with van der Waals surface area (Å²) in [5, 5.41) is 1.08. The predicted octanol–water partition coefficient (Wildman–Crippen LogP) is 3.33. The molecule has 0 bridgehead atoms. The van der Waals surface area contributed by atoms with E-state index in [1.165, 1.54) is 16.1 Å². The van der Waals surface area contributed by atoms with Crippen molar-refractivity contribution in [3.05, 3.63) is 64.7 Å². The molecule has 0 spiro atoms. The van der Waals surface area contributed by atoms with E-state index in [9.17, 15) is 0 Å². The highest BCUT2D eigenvalue weighted by atomic mass is 32.1. The first-order valence-corrected chi connectivity index (χ1v) is 7.91. The van der Waals surface area contributed by atoms with Gasteiger partial charge < -0.3 is 9.88 Å². The first kappa shape index (κ1) is 12.6. The molecule has 0 saturated carbocycles. The maximum absolute atomic E-state index is 4.58. The molecule has 4 rings (SSSR count). The van der Waals surface area contributed by atoms with Gasteiger partial charge in [0.15, 0.2) is 5.13 Å². The number of imidazole rings is 1. The zero-order chi connectivity index (χ0) is 14.2. The monoisotopic (exact) mass is 296 g/mol. The standard InChI is InChI=1S/C16H16N4S/c1-11-9-17-16(21-11)20-8-7-13-14(19-10-18-13)15(20)12-5-3-2-4-6-12/h2-6,9-10,15H,7-8H2,1H3,(H,18,19). The van der Waals surface area contributed by atoms with Gasteiger partial charge in [-0.05, 0) is 12.5 Å². The Morgan fingerprint density at radius 1 is 1.24 bits per heavy atom. The molecule has 3 heterocycles. The molecule has 0 saturated heterocycles. The molecule has 0 fully saturated rings. The van der Waals surface area contributed by atoms with Gasteiger partial charge in [0.2, 0.25) is 0 Å². The summed E-state index contributed by atoms with van der Waals surface area (Å²) in [5.74, 6) is 0. The fourth-order valence-corrected chi connectivity index (χ4v) is 3.74. The third-order valence-electron chi connectivity index (χ3n) is 3.90. The van der Waals surface area contributed by atoms with Crippen LogP contribution in [0.1, 0.15) is 27.9 Å². The van der Waals surface area contributed by atoms with Crippen molar-refractivity contribution in [2.75, 3.05) is 11.4 Å². The SMILES string of the molecule is Cc1cnc(N2CCc3[nH]cnc3C2c2ccccc2)s1. The average molecular weight is 296 g/mol. The maximum atomic E-state index is 4.58. The summed E-state index contributed by atoms with van der Waals surface area (Å²) in [6, 6.07) is 10.7. The Morgan fingerprint density at radius 3 is 2.86 bits per heavy atom. The molecular formula is C16H16N4S. The number of aromatic nitrogens is 3. The number of aromatic amines is 1. The molecule has 1 atom stereocenters. The molecule has 5 heteroatoms. The second-order valence-corrected chi connectivity index (χ2v) is 6.49. The molecule has 0 amide bonds. The van der Waals surface area contributed by atoms with E-state index >= 15 is 0 Å². The van der Waals surface area contributed by atoms with Crippen LogP contribution in [0, 0.1) is 6.92 Å². The van der Waals surface area contributed by atoms with E-state index in [2.05, 4.69) is 57.1 Å². The highest BCUT2D eigenvalue weighted by molar-refractivity contribution is 7.15. The quantitative estimate of drug-likeness (QED) is 0.789. The predicted molar refractivity (Wildman–Crippen MR) is 84.8 cm³/mol.